The van der Waals surface area contributed by atoms with Crippen molar-refractivity contribution < 1.29 is 0 Å². The molecule has 0 saturated carbocycles. The molecule has 0 spiro atoms. The van der Waals surface area contributed by atoms with E-state index in [1.54, 1.807) is 5.57 Å². The molecule has 1 rings (SSSR count). The van der Waals surface area contributed by atoms with Crippen molar-refractivity contribution in [3.63, 3.8) is 0 Å². The third-order valence-electron chi connectivity index (χ3n) is 2.61. The zero-order chi connectivity index (χ0) is 9.52. The summed E-state index contributed by atoms with van der Waals surface area (Å²) in [4.78, 5) is 0. The monoisotopic (exact) mass is 242 g/mol. The predicted molar refractivity (Wildman–Crippen MR) is 63.3 cm³/mol. The molecule has 74 valence electrons. The summed E-state index contributed by atoms with van der Waals surface area (Å²) in [6.45, 7) is 2.25. The maximum Gasteiger partial charge on any atom is 0.00661 e. The van der Waals surface area contributed by atoms with Crippen molar-refractivity contribution in [2.45, 2.75) is 45.4 Å². The predicted octanol–water partition coefficient (Wildman–Crippen LogP) is 4.61. The summed E-state index contributed by atoms with van der Waals surface area (Å²) in [7, 11) is 0. The summed E-state index contributed by atoms with van der Waals surface area (Å²) in [5, 5.41) is 1.08. The Hall–Kier alpha value is -0.0400. The van der Waals surface area contributed by atoms with Gasteiger partial charge in [-0.15, -0.1) is 0 Å². The van der Waals surface area contributed by atoms with Crippen molar-refractivity contribution in [1.29, 1.82) is 0 Å². The second-order valence-corrected chi connectivity index (χ2v) is 4.49. The Balaban J connectivity index is 2.52. The van der Waals surface area contributed by atoms with Crippen molar-refractivity contribution in [2.75, 3.05) is 5.33 Å². The van der Waals surface area contributed by atoms with Gasteiger partial charge in [0.05, 0.1) is 0 Å². The van der Waals surface area contributed by atoms with E-state index in [-0.39, 0.29) is 0 Å². The van der Waals surface area contributed by atoms with Gasteiger partial charge in [-0.3, -0.25) is 0 Å². The maximum absolute atomic E-state index is 3.45. The molecule has 1 heteroatoms. The molecule has 1 aliphatic rings. The molecule has 0 aliphatic heterocycles. The summed E-state index contributed by atoms with van der Waals surface area (Å²) >= 11 is 3.45. The number of hydrogen-bond donors (Lipinski definition) is 0. The zero-order valence-electron chi connectivity index (χ0n) is 8.48. The quantitative estimate of drug-likeness (QED) is 0.635. The second-order valence-electron chi connectivity index (χ2n) is 3.69. The van der Waals surface area contributed by atoms with Crippen molar-refractivity contribution in [2.24, 2.45) is 0 Å². The molecule has 0 aromatic carbocycles. The molecular formula is C12H19Br. The van der Waals surface area contributed by atoms with Crippen LogP contribution in [-0.4, -0.2) is 5.33 Å². The maximum atomic E-state index is 3.45. The highest BCUT2D eigenvalue weighted by Crippen LogP contribution is 2.23. The molecule has 0 N–H and O–H groups in total. The van der Waals surface area contributed by atoms with Crippen LogP contribution in [0.3, 0.4) is 0 Å². The van der Waals surface area contributed by atoms with Crippen molar-refractivity contribution in [1.82, 2.24) is 0 Å². The SMILES string of the molecule is CC(=CCCBr)C1=CCCCCC1. The first kappa shape index (κ1) is 11.0. The molecule has 0 aromatic heterocycles. The topological polar surface area (TPSA) is 0 Å². The fraction of sp³-hybridized carbons (Fsp3) is 0.667. The molecular weight excluding hydrogens is 224 g/mol. The van der Waals surface area contributed by atoms with Crippen LogP contribution in [-0.2, 0) is 0 Å². The van der Waals surface area contributed by atoms with Gasteiger partial charge < -0.3 is 0 Å². The smallest absolute Gasteiger partial charge is 0.00661 e. The summed E-state index contributed by atoms with van der Waals surface area (Å²) in [5.74, 6) is 0. The Morgan fingerprint density at radius 2 is 2.31 bits per heavy atom. The third-order valence-corrected chi connectivity index (χ3v) is 3.06. The Morgan fingerprint density at radius 3 is 3.08 bits per heavy atom. The fourth-order valence-corrected chi connectivity index (χ4v) is 2.00. The fourth-order valence-electron chi connectivity index (χ4n) is 1.78. The van der Waals surface area contributed by atoms with E-state index in [0.717, 1.165) is 11.8 Å². The number of allylic oxidation sites excluding steroid dienone is 4. The van der Waals surface area contributed by atoms with Gasteiger partial charge in [-0.05, 0) is 44.6 Å². The first-order valence-corrected chi connectivity index (χ1v) is 6.39. The van der Waals surface area contributed by atoms with Crippen LogP contribution in [0.15, 0.2) is 23.3 Å². The number of alkyl halides is 1. The number of hydrogen-bond acceptors (Lipinski definition) is 0. The van der Waals surface area contributed by atoms with Gasteiger partial charge >= 0.3 is 0 Å². The van der Waals surface area contributed by atoms with Crippen LogP contribution in [0, 0.1) is 0 Å². The van der Waals surface area contributed by atoms with E-state index in [1.165, 1.54) is 37.7 Å². The van der Waals surface area contributed by atoms with Crippen molar-refractivity contribution in [3.05, 3.63) is 23.3 Å². The van der Waals surface area contributed by atoms with E-state index in [0.29, 0.717) is 0 Å². The van der Waals surface area contributed by atoms with E-state index in [9.17, 15) is 0 Å². The Morgan fingerprint density at radius 1 is 1.46 bits per heavy atom. The van der Waals surface area contributed by atoms with Gasteiger partial charge in [0.15, 0.2) is 0 Å². The molecule has 0 atom stereocenters. The van der Waals surface area contributed by atoms with Crippen LogP contribution in [0.2, 0.25) is 0 Å². The molecule has 0 saturated heterocycles. The van der Waals surface area contributed by atoms with E-state index in [2.05, 4.69) is 35.0 Å². The van der Waals surface area contributed by atoms with Gasteiger partial charge in [-0.25, -0.2) is 0 Å². The first-order chi connectivity index (χ1) is 6.34. The molecule has 0 amide bonds. The lowest BCUT2D eigenvalue weighted by Gasteiger charge is -2.05. The molecule has 0 radical (unpaired) electrons. The minimum atomic E-state index is 1.08. The average molecular weight is 243 g/mol. The minimum absolute atomic E-state index is 1.08. The molecule has 0 nitrogen and oxygen atoms in total. The highest BCUT2D eigenvalue weighted by atomic mass is 79.9. The van der Waals surface area contributed by atoms with Gasteiger partial charge in [-0.1, -0.05) is 40.1 Å². The molecule has 0 unspecified atom stereocenters. The summed E-state index contributed by atoms with van der Waals surface area (Å²) in [5.41, 5.74) is 3.10. The Bertz CT molecular complexity index is 201. The van der Waals surface area contributed by atoms with E-state index >= 15 is 0 Å². The van der Waals surface area contributed by atoms with Crippen LogP contribution in [0.4, 0.5) is 0 Å². The molecule has 0 fully saturated rings. The van der Waals surface area contributed by atoms with Gasteiger partial charge in [0.1, 0.15) is 0 Å². The Kier molecular flexibility index (Phi) is 5.45. The van der Waals surface area contributed by atoms with E-state index < -0.39 is 0 Å². The standard InChI is InChI=1S/C12H19Br/c1-11(7-6-10-13)12-8-4-2-3-5-9-12/h7-8H,2-6,9-10H2,1H3. The van der Waals surface area contributed by atoms with Crippen LogP contribution in [0.5, 0.6) is 0 Å². The summed E-state index contributed by atoms with van der Waals surface area (Å²) in [6.07, 6.45) is 12.7. The normalized spacial score (nSPS) is 19.5. The van der Waals surface area contributed by atoms with Gasteiger partial charge in [0.25, 0.3) is 0 Å². The van der Waals surface area contributed by atoms with E-state index in [4.69, 9.17) is 0 Å². The lowest BCUT2D eigenvalue weighted by Crippen LogP contribution is -1.85. The highest BCUT2D eigenvalue weighted by Gasteiger charge is 2.03. The number of rotatable bonds is 3. The molecule has 0 aromatic rings. The van der Waals surface area contributed by atoms with Crippen molar-refractivity contribution in [3.8, 4) is 0 Å². The zero-order valence-corrected chi connectivity index (χ0v) is 10.1. The van der Waals surface area contributed by atoms with Crippen LogP contribution >= 0.6 is 15.9 Å². The lowest BCUT2D eigenvalue weighted by molar-refractivity contribution is 0.712. The highest BCUT2D eigenvalue weighted by molar-refractivity contribution is 9.09. The molecule has 1 aliphatic carbocycles. The van der Waals surface area contributed by atoms with Crippen LogP contribution < -0.4 is 0 Å². The van der Waals surface area contributed by atoms with Crippen molar-refractivity contribution >= 4 is 15.9 Å². The van der Waals surface area contributed by atoms with Crippen LogP contribution in [0.25, 0.3) is 0 Å². The molecule has 0 heterocycles. The summed E-state index contributed by atoms with van der Waals surface area (Å²) < 4.78 is 0. The Labute approximate surface area is 90.2 Å². The van der Waals surface area contributed by atoms with E-state index in [1.807, 2.05) is 0 Å². The second kappa shape index (κ2) is 6.42. The van der Waals surface area contributed by atoms with Gasteiger partial charge in [0, 0.05) is 5.33 Å². The van der Waals surface area contributed by atoms with Crippen LogP contribution in [0.1, 0.15) is 45.4 Å². The third kappa shape index (κ3) is 4.12. The first-order valence-electron chi connectivity index (χ1n) is 5.26. The van der Waals surface area contributed by atoms with Gasteiger partial charge in [0.2, 0.25) is 0 Å². The largest absolute Gasteiger partial charge is 0.0925 e. The average Bonchev–Trinajstić information content (AvgIpc) is 2.42. The molecule has 13 heavy (non-hydrogen) atoms. The summed E-state index contributed by atoms with van der Waals surface area (Å²) in [6, 6.07) is 0. The minimum Gasteiger partial charge on any atom is -0.0925 e. The van der Waals surface area contributed by atoms with Gasteiger partial charge in [-0.2, -0.15) is 0 Å². The lowest BCUT2D eigenvalue weighted by atomic mass is 10.0. The number of halogens is 1. The molecule has 0 bridgehead atoms.